The molecule has 272 valence electrons. The Labute approximate surface area is 301 Å². The smallest absolute Gasteiger partial charge is 0.255 e. The number of unbranched alkanes of at least 4 members (excludes halogenated alkanes) is 5. The minimum absolute atomic E-state index is 0. The lowest BCUT2D eigenvalue weighted by atomic mass is 10.0. The molecule has 0 heterocycles. The molecule has 0 spiro atoms. The average molecular weight is 685 g/mol. The number of carbonyl (C=O) groups excluding carboxylic acids is 2. The summed E-state index contributed by atoms with van der Waals surface area (Å²) in [5.41, 5.74) is 6.96. The molecule has 0 radical (unpaired) electrons. The first-order chi connectivity index (χ1) is 23.4. The number of hydrogen-bond donors (Lipinski definition) is 4. The number of quaternary nitrogens is 1. The summed E-state index contributed by atoms with van der Waals surface area (Å²) in [6, 6.07) is 26.4. The fourth-order valence-corrected chi connectivity index (χ4v) is 5.49. The van der Waals surface area contributed by atoms with Gasteiger partial charge in [0.15, 0.2) is 0 Å². The molecule has 4 rings (SSSR count). The van der Waals surface area contributed by atoms with Crippen molar-refractivity contribution in [2.45, 2.75) is 93.6 Å². The first-order valence-electron chi connectivity index (χ1n) is 17.5. The maximum absolute atomic E-state index is 13.1. The van der Waals surface area contributed by atoms with E-state index in [1.807, 2.05) is 80.6 Å². The molecule has 4 aromatic carbocycles. The summed E-state index contributed by atoms with van der Waals surface area (Å²) in [5, 5.41) is 18.2. The van der Waals surface area contributed by atoms with Crippen molar-refractivity contribution < 1.29 is 24.7 Å². The highest BCUT2D eigenvalue weighted by Crippen LogP contribution is 2.33. The molecule has 0 aliphatic rings. The number of nitrogens with one attached hydrogen (secondary N) is 2. The highest BCUT2D eigenvalue weighted by molar-refractivity contribution is 6.06. The summed E-state index contributed by atoms with van der Waals surface area (Å²) in [6.45, 7) is 7.05. The van der Waals surface area contributed by atoms with Crippen molar-refractivity contribution in [3.05, 3.63) is 113 Å². The zero-order valence-corrected chi connectivity index (χ0v) is 29.4. The number of aliphatic hydroxyl groups excluding tert-OH is 1. The molecular formula is C43H62N3O4+. The van der Waals surface area contributed by atoms with E-state index < -0.39 is 0 Å². The van der Waals surface area contributed by atoms with Gasteiger partial charge in [-0.3, -0.25) is 9.59 Å². The number of rotatable bonds is 17. The van der Waals surface area contributed by atoms with Crippen molar-refractivity contribution in [1.82, 2.24) is 0 Å². The van der Waals surface area contributed by atoms with Crippen molar-refractivity contribution in [2.24, 2.45) is 0 Å². The maximum atomic E-state index is 13.1. The van der Waals surface area contributed by atoms with Gasteiger partial charge in [0.1, 0.15) is 5.75 Å². The molecule has 5 N–H and O–H groups in total. The van der Waals surface area contributed by atoms with Crippen LogP contribution in [0.3, 0.4) is 0 Å². The third kappa shape index (κ3) is 13.1. The van der Waals surface area contributed by atoms with E-state index in [2.05, 4.69) is 29.9 Å². The minimum Gasteiger partial charge on any atom is -0.495 e. The van der Waals surface area contributed by atoms with Crippen molar-refractivity contribution in [2.75, 3.05) is 31.3 Å². The molecule has 4 aromatic rings. The fourth-order valence-electron chi connectivity index (χ4n) is 5.49. The molecule has 0 unspecified atom stereocenters. The molecule has 7 heteroatoms. The van der Waals surface area contributed by atoms with Gasteiger partial charge in [0, 0.05) is 22.4 Å². The molecule has 0 aromatic heterocycles. The molecule has 0 bridgehead atoms. The topological polar surface area (TPSA) is 104 Å². The number of nitrogens with two attached hydrogens (primary N) is 1. The van der Waals surface area contributed by atoms with Crippen LogP contribution in [-0.2, 0) is 19.4 Å². The standard InChI is InChI=1S/C39H47N3O4.C2H6.2CH4/c1-4-28-12-16-30(17-13-28)38(44)41-35-22-20-32(25-34(35)27-43)33-21-23-36(37(26-33)46-3)42-39(45)31-18-14-29(15-19-31)11-9-7-5-6-8-10-24-40-2;1-2;;/h12-23,25-26,40,43H,4-11,24,27H2,1-3H3,(H,41,44)(H,42,45);1-2H3;2*1H4/p+1. The number of benzene rings is 4. The van der Waals surface area contributed by atoms with E-state index in [1.54, 1.807) is 25.3 Å². The number of aryl methyl sites for hydroxylation is 2. The second-order valence-electron chi connectivity index (χ2n) is 11.7. The molecule has 7 nitrogen and oxygen atoms in total. The van der Waals surface area contributed by atoms with Gasteiger partial charge >= 0.3 is 0 Å². The van der Waals surface area contributed by atoms with Crippen molar-refractivity contribution in [3.8, 4) is 16.9 Å². The van der Waals surface area contributed by atoms with Gasteiger partial charge in [-0.1, -0.05) is 91.3 Å². The number of methoxy groups -OCH3 is 1. The second kappa shape index (κ2) is 23.8. The number of anilines is 2. The number of hydrogen-bond acceptors (Lipinski definition) is 4. The molecular weight excluding hydrogens is 622 g/mol. The maximum Gasteiger partial charge on any atom is 0.255 e. The van der Waals surface area contributed by atoms with E-state index in [-0.39, 0.29) is 33.3 Å². The normalized spacial score (nSPS) is 10.1. The van der Waals surface area contributed by atoms with Crippen molar-refractivity contribution in [1.29, 1.82) is 0 Å². The molecule has 0 aliphatic heterocycles. The van der Waals surface area contributed by atoms with Gasteiger partial charge in [-0.05, 0) is 103 Å². The molecule has 2 amide bonds. The van der Waals surface area contributed by atoms with Crippen LogP contribution in [0.2, 0.25) is 0 Å². The fraction of sp³-hybridized carbons (Fsp3) is 0.395. The number of amides is 2. The van der Waals surface area contributed by atoms with Gasteiger partial charge in [0.2, 0.25) is 0 Å². The van der Waals surface area contributed by atoms with E-state index in [1.165, 1.54) is 50.6 Å². The number of ether oxygens (including phenoxy) is 1. The van der Waals surface area contributed by atoms with Crippen LogP contribution in [0.25, 0.3) is 11.1 Å². The zero-order valence-electron chi connectivity index (χ0n) is 29.4. The van der Waals surface area contributed by atoms with Crippen LogP contribution in [0.4, 0.5) is 11.4 Å². The largest absolute Gasteiger partial charge is 0.495 e. The van der Waals surface area contributed by atoms with Crippen LogP contribution < -0.4 is 20.7 Å². The lowest BCUT2D eigenvalue weighted by Gasteiger charge is -2.15. The zero-order chi connectivity index (χ0) is 34.7. The SMILES string of the molecule is C.C.CC.CCc1ccc(C(=O)Nc2ccc(-c3ccc(NC(=O)c4ccc(CCCCCCCC[NH2+]C)cc4)c(OC)c3)cc2CO)cc1. The molecule has 0 saturated carbocycles. The summed E-state index contributed by atoms with van der Waals surface area (Å²) in [7, 11) is 3.69. The first kappa shape index (κ1) is 43.6. The lowest BCUT2D eigenvalue weighted by molar-refractivity contribution is -0.627. The number of carbonyl (C=O) groups is 2. The summed E-state index contributed by atoms with van der Waals surface area (Å²) < 4.78 is 5.63. The quantitative estimate of drug-likeness (QED) is 0.0833. The van der Waals surface area contributed by atoms with Gasteiger partial charge in [-0.15, -0.1) is 0 Å². The Kier molecular flexibility index (Phi) is 20.8. The van der Waals surface area contributed by atoms with Crippen LogP contribution in [-0.4, -0.2) is 37.6 Å². The van der Waals surface area contributed by atoms with Crippen LogP contribution in [0.5, 0.6) is 5.75 Å². The van der Waals surface area contributed by atoms with Gasteiger partial charge in [-0.25, -0.2) is 0 Å². The minimum atomic E-state index is -0.236. The van der Waals surface area contributed by atoms with E-state index in [0.29, 0.717) is 33.8 Å². The Morgan fingerprint density at radius 3 is 1.72 bits per heavy atom. The third-order valence-electron chi connectivity index (χ3n) is 8.36. The first-order valence-corrected chi connectivity index (χ1v) is 17.5. The van der Waals surface area contributed by atoms with Gasteiger partial charge in [0.05, 0.1) is 33.0 Å². The van der Waals surface area contributed by atoms with Crippen LogP contribution in [0.1, 0.15) is 112 Å². The summed E-state index contributed by atoms with van der Waals surface area (Å²) in [5.74, 6) is 0.0896. The monoisotopic (exact) mass is 684 g/mol. The molecule has 0 fully saturated rings. The van der Waals surface area contributed by atoms with Gasteiger partial charge < -0.3 is 25.8 Å². The van der Waals surface area contributed by atoms with E-state index in [0.717, 1.165) is 29.5 Å². The van der Waals surface area contributed by atoms with Crippen molar-refractivity contribution in [3.63, 3.8) is 0 Å². The Morgan fingerprint density at radius 1 is 0.680 bits per heavy atom. The van der Waals surface area contributed by atoms with Crippen LogP contribution in [0.15, 0.2) is 84.9 Å². The predicted molar refractivity (Wildman–Crippen MR) is 211 cm³/mol. The predicted octanol–water partition coefficient (Wildman–Crippen LogP) is 9.30. The van der Waals surface area contributed by atoms with Gasteiger partial charge in [-0.2, -0.15) is 0 Å². The summed E-state index contributed by atoms with van der Waals surface area (Å²) in [4.78, 5) is 25.9. The van der Waals surface area contributed by atoms with Crippen LogP contribution in [0, 0.1) is 0 Å². The van der Waals surface area contributed by atoms with E-state index >= 15 is 0 Å². The Bertz CT molecular complexity index is 1570. The average Bonchev–Trinajstić information content (AvgIpc) is 3.14. The Balaban J connectivity index is 0.00000307. The van der Waals surface area contributed by atoms with Crippen LogP contribution >= 0.6 is 0 Å². The molecule has 0 aliphatic carbocycles. The third-order valence-corrected chi connectivity index (χ3v) is 8.36. The molecule has 0 atom stereocenters. The van der Waals surface area contributed by atoms with E-state index in [4.69, 9.17) is 4.74 Å². The van der Waals surface area contributed by atoms with Crippen molar-refractivity contribution >= 4 is 23.2 Å². The Morgan fingerprint density at radius 2 is 1.18 bits per heavy atom. The molecule has 50 heavy (non-hydrogen) atoms. The highest BCUT2D eigenvalue weighted by Gasteiger charge is 2.14. The van der Waals surface area contributed by atoms with Gasteiger partial charge in [0.25, 0.3) is 11.8 Å². The Hall–Kier alpha value is -4.46. The molecule has 0 saturated heterocycles. The summed E-state index contributed by atoms with van der Waals surface area (Å²) in [6.07, 6.45) is 9.54. The summed E-state index contributed by atoms with van der Waals surface area (Å²) >= 11 is 0. The van der Waals surface area contributed by atoms with E-state index in [9.17, 15) is 14.7 Å². The number of aliphatic hydroxyl groups is 1. The lowest BCUT2D eigenvalue weighted by Crippen LogP contribution is -2.79. The highest BCUT2D eigenvalue weighted by atomic mass is 16.5. The second-order valence-corrected chi connectivity index (χ2v) is 11.7.